The Bertz CT molecular complexity index is 419. The number of ketones is 1. The molecule has 70 valence electrons. The van der Waals surface area contributed by atoms with Crippen LogP contribution in [0.15, 0.2) is 28.7 Å². The van der Waals surface area contributed by atoms with Gasteiger partial charge in [-0.2, -0.15) is 4.79 Å². The average Bonchev–Trinajstić information content (AvgIpc) is 2.20. The summed E-state index contributed by atoms with van der Waals surface area (Å²) in [6, 6.07) is 6.38. The number of hydrogen-bond acceptors (Lipinski definition) is 2. The van der Waals surface area contributed by atoms with Crippen LogP contribution >= 0.6 is 15.9 Å². The van der Waals surface area contributed by atoms with E-state index in [9.17, 15) is 9.59 Å². The van der Waals surface area contributed by atoms with E-state index in [2.05, 4.69) is 20.7 Å². The SMILES string of the molecule is [N-]=[N+]=C(C=O)C(=O)c1ccc(Br)cc1. The summed E-state index contributed by atoms with van der Waals surface area (Å²) >= 11 is 3.21. The summed E-state index contributed by atoms with van der Waals surface area (Å²) in [4.78, 5) is 24.3. The Kier molecular flexibility index (Phi) is 3.45. The molecule has 0 spiro atoms. The van der Waals surface area contributed by atoms with Gasteiger partial charge in [-0.15, -0.1) is 0 Å². The third-order valence-corrected chi connectivity index (χ3v) is 2.09. The van der Waals surface area contributed by atoms with Crippen LogP contribution in [0.1, 0.15) is 10.4 Å². The number of rotatable bonds is 3. The molecule has 0 aromatic heterocycles. The molecule has 0 radical (unpaired) electrons. The highest BCUT2D eigenvalue weighted by atomic mass is 79.9. The minimum atomic E-state index is -0.602. The van der Waals surface area contributed by atoms with Crippen LogP contribution < -0.4 is 0 Å². The van der Waals surface area contributed by atoms with Crippen LogP contribution in [0.2, 0.25) is 0 Å². The summed E-state index contributed by atoms with van der Waals surface area (Å²) in [7, 11) is 0. The molecule has 0 atom stereocenters. The maximum absolute atomic E-state index is 11.4. The van der Waals surface area contributed by atoms with Crippen LogP contribution in [0.4, 0.5) is 0 Å². The average molecular weight is 253 g/mol. The van der Waals surface area contributed by atoms with Crippen molar-refractivity contribution in [3.63, 3.8) is 0 Å². The number of carbonyl (C=O) groups is 2. The number of aldehydes is 1. The van der Waals surface area contributed by atoms with E-state index in [4.69, 9.17) is 5.53 Å². The van der Waals surface area contributed by atoms with E-state index in [1.807, 2.05) is 0 Å². The fourth-order valence-electron chi connectivity index (χ4n) is 0.872. The van der Waals surface area contributed by atoms with Gasteiger partial charge in [0.05, 0.1) is 0 Å². The minimum absolute atomic E-state index is 0.213. The van der Waals surface area contributed by atoms with Crippen LogP contribution in [-0.2, 0) is 4.79 Å². The lowest BCUT2D eigenvalue weighted by molar-refractivity contribution is -0.106. The quantitative estimate of drug-likeness (QED) is 0.204. The van der Waals surface area contributed by atoms with Gasteiger partial charge in [0.25, 0.3) is 5.78 Å². The maximum atomic E-state index is 11.4. The zero-order valence-corrected chi connectivity index (χ0v) is 8.56. The molecule has 0 fully saturated rings. The van der Waals surface area contributed by atoms with E-state index in [0.29, 0.717) is 5.56 Å². The summed E-state index contributed by atoms with van der Waals surface area (Å²) < 4.78 is 0.822. The molecular formula is C9H5BrN2O2. The van der Waals surface area contributed by atoms with Crippen molar-refractivity contribution in [3.05, 3.63) is 39.8 Å². The molecule has 0 heterocycles. The van der Waals surface area contributed by atoms with Gasteiger partial charge in [0.2, 0.25) is 6.29 Å². The topological polar surface area (TPSA) is 70.5 Å². The van der Waals surface area contributed by atoms with Gasteiger partial charge in [0, 0.05) is 10.0 Å². The Hall–Kier alpha value is -1.58. The Labute approximate surface area is 88.3 Å². The fourth-order valence-corrected chi connectivity index (χ4v) is 1.14. The lowest BCUT2D eigenvalue weighted by Gasteiger charge is -1.93. The van der Waals surface area contributed by atoms with E-state index in [0.717, 1.165) is 4.47 Å². The first-order valence-electron chi connectivity index (χ1n) is 3.66. The highest BCUT2D eigenvalue weighted by molar-refractivity contribution is 9.10. The predicted molar refractivity (Wildman–Crippen MR) is 53.2 cm³/mol. The zero-order valence-electron chi connectivity index (χ0n) is 6.98. The van der Waals surface area contributed by atoms with E-state index < -0.39 is 11.5 Å². The fraction of sp³-hybridized carbons (Fsp3) is 0. The van der Waals surface area contributed by atoms with Gasteiger partial charge in [-0.3, -0.25) is 9.59 Å². The van der Waals surface area contributed by atoms with E-state index in [1.165, 1.54) is 12.1 Å². The molecule has 0 bridgehead atoms. The molecule has 0 aliphatic heterocycles. The largest absolute Gasteiger partial charge is 0.401 e. The number of Topliss-reactive ketones (excluding diaryl/α,β-unsaturated/α-hetero) is 1. The molecule has 0 aliphatic rings. The monoisotopic (exact) mass is 252 g/mol. The van der Waals surface area contributed by atoms with Gasteiger partial charge in [-0.25, -0.2) is 0 Å². The van der Waals surface area contributed by atoms with E-state index >= 15 is 0 Å². The Morgan fingerprint density at radius 3 is 2.36 bits per heavy atom. The summed E-state index contributed by atoms with van der Waals surface area (Å²) in [6.07, 6.45) is 0.213. The smallest absolute Gasteiger partial charge is 0.360 e. The molecule has 0 saturated carbocycles. The molecule has 0 unspecified atom stereocenters. The molecule has 1 rings (SSSR count). The van der Waals surface area contributed by atoms with Crippen molar-refractivity contribution in [1.29, 1.82) is 0 Å². The zero-order chi connectivity index (χ0) is 10.6. The van der Waals surface area contributed by atoms with Crippen molar-refractivity contribution in [2.45, 2.75) is 0 Å². The summed E-state index contributed by atoms with van der Waals surface area (Å²) in [6.45, 7) is 0. The van der Waals surface area contributed by atoms with Gasteiger partial charge in [0.1, 0.15) is 0 Å². The van der Waals surface area contributed by atoms with Gasteiger partial charge in [-0.05, 0) is 24.3 Å². The first-order chi connectivity index (χ1) is 6.69. The first-order valence-corrected chi connectivity index (χ1v) is 4.46. The number of benzene rings is 1. The number of nitrogens with zero attached hydrogens (tertiary/aromatic N) is 2. The van der Waals surface area contributed by atoms with Crippen molar-refractivity contribution < 1.29 is 14.4 Å². The van der Waals surface area contributed by atoms with Crippen molar-refractivity contribution >= 4 is 33.7 Å². The van der Waals surface area contributed by atoms with Crippen LogP contribution in [0.25, 0.3) is 5.53 Å². The van der Waals surface area contributed by atoms with Crippen molar-refractivity contribution in [1.82, 2.24) is 0 Å². The second-order valence-electron chi connectivity index (χ2n) is 2.44. The third kappa shape index (κ3) is 2.22. The molecule has 5 heteroatoms. The van der Waals surface area contributed by atoms with Crippen molar-refractivity contribution in [3.8, 4) is 0 Å². The molecule has 4 nitrogen and oxygen atoms in total. The van der Waals surface area contributed by atoms with Gasteiger partial charge in [0.15, 0.2) is 0 Å². The molecule has 1 aromatic carbocycles. The standard InChI is InChI=1S/C9H5BrN2O2/c10-7-3-1-6(2-4-7)9(14)8(5-13)12-11/h1-5H. The normalized spacial score (nSPS) is 8.93. The Balaban J connectivity index is 3.07. The molecular weight excluding hydrogens is 248 g/mol. The number of halogens is 1. The Morgan fingerprint density at radius 1 is 1.36 bits per heavy atom. The molecule has 0 saturated heterocycles. The molecule has 0 amide bonds. The molecule has 1 aromatic rings. The second kappa shape index (κ2) is 4.60. The van der Waals surface area contributed by atoms with Crippen LogP contribution in [-0.4, -0.2) is 22.6 Å². The Morgan fingerprint density at radius 2 is 1.93 bits per heavy atom. The number of carbonyl (C=O) groups excluding carboxylic acids is 2. The van der Waals surface area contributed by atoms with Crippen molar-refractivity contribution in [2.24, 2.45) is 0 Å². The van der Waals surface area contributed by atoms with E-state index in [-0.39, 0.29) is 6.29 Å². The summed E-state index contributed by atoms with van der Waals surface area (Å²) in [5, 5.41) is 0. The highest BCUT2D eigenvalue weighted by Crippen LogP contribution is 2.10. The van der Waals surface area contributed by atoms with Gasteiger partial charge >= 0.3 is 5.71 Å². The first kappa shape index (κ1) is 10.5. The predicted octanol–water partition coefficient (Wildman–Crippen LogP) is 1.50. The molecule has 0 aliphatic carbocycles. The van der Waals surface area contributed by atoms with E-state index in [1.54, 1.807) is 12.1 Å². The summed E-state index contributed by atoms with van der Waals surface area (Å²) in [5.41, 5.74) is 8.13. The third-order valence-electron chi connectivity index (χ3n) is 1.56. The van der Waals surface area contributed by atoms with Gasteiger partial charge < -0.3 is 5.53 Å². The maximum Gasteiger partial charge on any atom is 0.401 e. The molecule has 14 heavy (non-hydrogen) atoms. The van der Waals surface area contributed by atoms with Crippen LogP contribution in [0.5, 0.6) is 0 Å². The van der Waals surface area contributed by atoms with Crippen LogP contribution in [0, 0.1) is 0 Å². The molecule has 0 N–H and O–H groups in total. The summed E-state index contributed by atoms with van der Waals surface area (Å²) in [5.74, 6) is -0.602. The lowest BCUT2D eigenvalue weighted by atomic mass is 10.1. The number of hydrogen-bond donors (Lipinski definition) is 0. The van der Waals surface area contributed by atoms with Crippen molar-refractivity contribution in [2.75, 3.05) is 0 Å². The lowest BCUT2D eigenvalue weighted by Crippen LogP contribution is -2.16. The second-order valence-corrected chi connectivity index (χ2v) is 3.35. The van der Waals surface area contributed by atoms with Crippen LogP contribution in [0.3, 0.4) is 0 Å². The minimum Gasteiger partial charge on any atom is -0.360 e. The van der Waals surface area contributed by atoms with Gasteiger partial charge in [-0.1, -0.05) is 15.9 Å². The highest BCUT2D eigenvalue weighted by Gasteiger charge is 2.20.